The molecule has 0 aliphatic carbocycles. The van der Waals surface area contributed by atoms with E-state index >= 15 is 0 Å². The van der Waals surface area contributed by atoms with Gasteiger partial charge in [0.2, 0.25) is 0 Å². The van der Waals surface area contributed by atoms with Gasteiger partial charge in [-0.2, -0.15) is 0 Å². The molecule has 2 heterocycles. The molecule has 14 heavy (non-hydrogen) atoms. The first kappa shape index (κ1) is 10.2. The van der Waals surface area contributed by atoms with Crippen LogP contribution in [0.1, 0.15) is 26.7 Å². The Hall–Kier alpha value is -0.280. The molecule has 0 bridgehead atoms. The average molecular weight is 231 g/mol. The lowest BCUT2D eigenvalue weighted by Gasteiger charge is -2.37. The van der Waals surface area contributed by atoms with Crippen LogP contribution in [0.2, 0.25) is 5.15 Å². The fourth-order valence-corrected chi connectivity index (χ4v) is 2.95. The molecule has 0 unspecified atom stereocenters. The third kappa shape index (κ3) is 2.20. The fourth-order valence-electron chi connectivity index (χ4n) is 1.98. The van der Waals surface area contributed by atoms with Crippen LogP contribution >= 0.6 is 22.9 Å². The Morgan fingerprint density at radius 1 is 1.57 bits per heavy atom. The van der Waals surface area contributed by atoms with Gasteiger partial charge in [0.05, 0.1) is 0 Å². The number of halogens is 1. The summed E-state index contributed by atoms with van der Waals surface area (Å²) in [7, 11) is 0. The van der Waals surface area contributed by atoms with Crippen molar-refractivity contribution in [2.75, 3.05) is 18.0 Å². The van der Waals surface area contributed by atoms with Gasteiger partial charge in [0.25, 0.3) is 0 Å². The first-order valence-electron chi connectivity index (χ1n) is 4.93. The molecule has 78 valence electrons. The second-order valence-corrected chi connectivity index (χ2v) is 5.87. The lowest BCUT2D eigenvalue weighted by Crippen LogP contribution is -2.40. The summed E-state index contributed by atoms with van der Waals surface area (Å²) in [5.74, 6) is 0. The van der Waals surface area contributed by atoms with E-state index in [0.717, 1.165) is 18.2 Å². The molecule has 0 saturated carbocycles. The van der Waals surface area contributed by atoms with Crippen molar-refractivity contribution in [3.63, 3.8) is 0 Å². The minimum atomic E-state index is 0.413. The number of rotatable bonds is 1. The van der Waals surface area contributed by atoms with E-state index in [1.165, 1.54) is 12.8 Å². The summed E-state index contributed by atoms with van der Waals surface area (Å²) in [5.41, 5.74) is 0.413. The van der Waals surface area contributed by atoms with E-state index in [9.17, 15) is 0 Å². The summed E-state index contributed by atoms with van der Waals surface area (Å²) in [6.45, 7) is 6.84. The number of hydrogen-bond acceptors (Lipinski definition) is 3. The maximum Gasteiger partial charge on any atom is 0.186 e. The maximum atomic E-state index is 5.82. The highest BCUT2D eigenvalue weighted by molar-refractivity contribution is 7.14. The number of anilines is 1. The zero-order valence-corrected chi connectivity index (χ0v) is 10.2. The third-order valence-corrected chi connectivity index (χ3v) is 3.86. The monoisotopic (exact) mass is 230 g/mol. The number of thiazole rings is 1. The van der Waals surface area contributed by atoms with E-state index in [-0.39, 0.29) is 0 Å². The molecule has 1 aliphatic rings. The van der Waals surface area contributed by atoms with Crippen LogP contribution in [0.4, 0.5) is 5.13 Å². The Balaban J connectivity index is 2.12. The molecule has 1 aromatic rings. The third-order valence-electron chi connectivity index (χ3n) is 2.64. The number of nitrogens with zero attached hydrogens (tertiary/aromatic N) is 2. The summed E-state index contributed by atoms with van der Waals surface area (Å²) in [4.78, 5) is 6.66. The van der Waals surface area contributed by atoms with Gasteiger partial charge in [0.1, 0.15) is 5.15 Å². The van der Waals surface area contributed by atoms with Crippen LogP contribution in [0.25, 0.3) is 0 Å². The topological polar surface area (TPSA) is 16.1 Å². The lowest BCUT2D eigenvalue weighted by atomic mass is 9.84. The van der Waals surface area contributed by atoms with Gasteiger partial charge in [-0.05, 0) is 18.3 Å². The summed E-state index contributed by atoms with van der Waals surface area (Å²) in [5, 5.41) is 3.59. The van der Waals surface area contributed by atoms with Crippen LogP contribution in [0.3, 0.4) is 0 Å². The second-order valence-electron chi connectivity index (χ2n) is 4.64. The van der Waals surface area contributed by atoms with Gasteiger partial charge in [-0.25, -0.2) is 4.98 Å². The maximum absolute atomic E-state index is 5.82. The van der Waals surface area contributed by atoms with Gasteiger partial charge in [0, 0.05) is 18.5 Å². The van der Waals surface area contributed by atoms with Crippen LogP contribution in [0.5, 0.6) is 0 Å². The normalized spacial score (nSPS) is 21.2. The van der Waals surface area contributed by atoms with Crippen molar-refractivity contribution in [2.24, 2.45) is 5.41 Å². The zero-order valence-electron chi connectivity index (χ0n) is 8.59. The molecule has 0 atom stereocenters. The van der Waals surface area contributed by atoms with E-state index in [1.807, 2.05) is 5.38 Å². The second kappa shape index (κ2) is 3.70. The predicted octanol–water partition coefficient (Wildman–Crippen LogP) is 3.42. The molecule has 2 rings (SSSR count). The fraction of sp³-hybridized carbons (Fsp3) is 0.700. The van der Waals surface area contributed by atoms with Gasteiger partial charge in [-0.15, -0.1) is 11.3 Å². The van der Waals surface area contributed by atoms with E-state index in [0.29, 0.717) is 10.6 Å². The van der Waals surface area contributed by atoms with Gasteiger partial charge < -0.3 is 4.90 Å². The Morgan fingerprint density at radius 3 is 2.93 bits per heavy atom. The molecule has 0 N–H and O–H groups in total. The summed E-state index contributed by atoms with van der Waals surface area (Å²) < 4.78 is 0. The van der Waals surface area contributed by atoms with Crippen molar-refractivity contribution in [1.29, 1.82) is 0 Å². The molecule has 4 heteroatoms. The summed E-state index contributed by atoms with van der Waals surface area (Å²) in [6.07, 6.45) is 2.56. The van der Waals surface area contributed by atoms with Crippen molar-refractivity contribution in [3.8, 4) is 0 Å². The van der Waals surface area contributed by atoms with Crippen molar-refractivity contribution in [2.45, 2.75) is 26.7 Å². The van der Waals surface area contributed by atoms with Crippen molar-refractivity contribution in [3.05, 3.63) is 10.5 Å². The van der Waals surface area contributed by atoms with Crippen LogP contribution in [-0.2, 0) is 0 Å². The number of piperidine rings is 1. The van der Waals surface area contributed by atoms with Crippen LogP contribution in [-0.4, -0.2) is 18.1 Å². The molecule has 1 fully saturated rings. The molecule has 1 aromatic heterocycles. The largest absolute Gasteiger partial charge is 0.348 e. The molecule has 2 nitrogen and oxygen atoms in total. The van der Waals surface area contributed by atoms with E-state index in [1.54, 1.807) is 11.3 Å². The van der Waals surface area contributed by atoms with Gasteiger partial charge >= 0.3 is 0 Å². The summed E-state index contributed by atoms with van der Waals surface area (Å²) in [6, 6.07) is 0. The van der Waals surface area contributed by atoms with Crippen LogP contribution in [0.15, 0.2) is 5.38 Å². The summed E-state index contributed by atoms with van der Waals surface area (Å²) >= 11 is 7.46. The number of aromatic nitrogens is 1. The van der Waals surface area contributed by atoms with Gasteiger partial charge in [0.15, 0.2) is 5.13 Å². The average Bonchev–Trinajstić information content (AvgIpc) is 2.50. The van der Waals surface area contributed by atoms with Crippen molar-refractivity contribution >= 4 is 28.1 Å². The highest BCUT2D eigenvalue weighted by atomic mass is 35.5. The molecule has 0 spiro atoms. The van der Waals surface area contributed by atoms with E-state index in [2.05, 4.69) is 23.7 Å². The quantitative estimate of drug-likeness (QED) is 0.735. The molecule has 0 aromatic carbocycles. The Morgan fingerprint density at radius 2 is 2.36 bits per heavy atom. The SMILES string of the molecule is CC1(C)CCCN(c2nc(Cl)cs2)C1. The minimum Gasteiger partial charge on any atom is -0.348 e. The predicted molar refractivity (Wildman–Crippen MR) is 62.4 cm³/mol. The molecule has 1 aliphatic heterocycles. The van der Waals surface area contributed by atoms with E-state index in [4.69, 9.17) is 11.6 Å². The minimum absolute atomic E-state index is 0.413. The van der Waals surface area contributed by atoms with E-state index < -0.39 is 0 Å². The van der Waals surface area contributed by atoms with Crippen molar-refractivity contribution < 1.29 is 0 Å². The molecule has 0 radical (unpaired) electrons. The molecular weight excluding hydrogens is 216 g/mol. The highest BCUT2D eigenvalue weighted by Crippen LogP contribution is 2.33. The molecule has 1 saturated heterocycles. The Bertz CT molecular complexity index is 322. The van der Waals surface area contributed by atoms with Crippen LogP contribution in [0, 0.1) is 5.41 Å². The Kier molecular flexibility index (Phi) is 2.71. The van der Waals surface area contributed by atoms with Gasteiger partial charge in [-0.1, -0.05) is 25.4 Å². The first-order chi connectivity index (χ1) is 6.57. The first-order valence-corrected chi connectivity index (χ1v) is 6.19. The number of hydrogen-bond donors (Lipinski definition) is 0. The highest BCUT2D eigenvalue weighted by Gasteiger charge is 2.27. The molecule has 0 amide bonds. The van der Waals surface area contributed by atoms with Crippen molar-refractivity contribution in [1.82, 2.24) is 4.98 Å². The standard InChI is InChI=1S/C10H15ClN2S/c1-10(2)4-3-5-13(7-10)9-12-8(11)6-14-9/h6H,3-5,7H2,1-2H3. The lowest BCUT2D eigenvalue weighted by molar-refractivity contribution is 0.293. The zero-order chi connectivity index (χ0) is 10.2. The molecular formula is C10H15ClN2S. The van der Waals surface area contributed by atoms with Crippen LogP contribution < -0.4 is 4.90 Å². The smallest absolute Gasteiger partial charge is 0.186 e. The Labute approximate surface area is 93.9 Å². The van der Waals surface area contributed by atoms with Gasteiger partial charge in [-0.3, -0.25) is 0 Å².